The SMILES string of the molecule is N#Cc1cnn(-c2ccc(CO)cc2)c1. The summed E-state index contributed by atoms with van der Waals surface area (Å²) in [6.45, 7) is 0.0306. The highest BCUT2D eigenvalue weighted by atomic mass is 16.3. The number of rotatable bonds is 2. The van der Waals surface area contributed by atoms with Gasteiger partial charge in [0.2, 0.25) is 0 Å². The monoisotopic (exact) mass is 199 g/mol. The number of benzene rings is 1. The van der Waals surface area contributed by atoms with Crippen LogP contribution in [-0.2, 0) is 6.61 Å². The van der Waals surface area contributed by atoms with Crippen LogP contribution in [0.2, 0.25) is 0 Å². The molecule has 0 aliphatic carbocycles. The van der Waals surface area contributed by atoms with E-state index in [2.05, 4.69) is 5.10 Å². The summed E-state index contributed by atoms with van der Waals surface area (Å²) in [7, 11) is 0. The molecule has 1 aromatic heterocycles. The molecular weight excluding hydrogens is 190 g/mol. The summed E-state index contributed by atoms with van der Waals surface area (Å²) in [6, 6.07) is 9.36. The second-order valence-corrected chi connectivity index (χ2v) is 3.11. The van der Waals surface area contributed by atoms with Crippen LogP contribution in [0.3, 0.4) is 0 Å². The average Bonchev–Trinajstić information content (AvgIpc) is 2.78. The maximum Gasteiger partial charge on any atom is 0.102 e. The van der Waals surface area contributed by atoms with E-state index in [-0.39, 0.29) is 6.61 Å². The molecule has 0 unspecified atom stereocenters. The summed E-state index contributed by atoms with van der Waals surface area (Å²) in [4.78, 5) is 0. The Bertz CT molecular complexity index is 493. The topological polar surface area (TPSA) is 61.8 Å². The molecular formula is C11H9N3O. The lowest BCUT2D eigenvalue weighted by Gasteiger charge is -2.01. The van der Waals surface area contributed by atoms with E-state index in [1.807, 2.05) is 30.3 Å². The zero-order valence-electron chi connectivity index (χ0n) is 7.96. The molecule has 0 bridgehead atoms. The average molecular weight is 199 g/mol. The van der Waals surface area contributed by atoms with Gasteiger partial charge in [-0.1, -0.05) is 12.1 Å². The van der Waals surface area contributed by atoms with E-state index in [0.717, 1.165) is 11.3 Å². The Morgan fingerprint density at radius 2 is 2.07 bits per heavy atom. The van der Waals surface area contributed by atoms with Crippen molar-refractivity contribution in [3.63, 3.8) is 0 Å². The molecule has 0 fully saturated rings. The number of nitrogens with zero attached hydrogens (tertiary/aromatic N) is 3. The van der Waals surface area contributed by atoms with Gasteiger partial charge < -0.3 is 5.11 Å². The van der Waals surface area contributed by atoms with Gasteiger partial charge in [0.05, 0.1) is 24.1 Å². The van der Waals surface area contributed by atoms with Crippen molar-refractivity contribution < 1.29 is 5.11 Å². The molecule has 2 rings (SSSR count). The van der Waals surface area contributed by atoms with Crippen LogP contribution in [0.5, 0.6) is 0 Å². The summed E-state index contributed by atoms with van der Waals surface area (Å²) < 4.78 is 1.62. The fourth-order valence-electron chi connectivity index (χ4n) is 1.28. The van der Waals surface area contributed by atoms with Crippen LogP contribution in [-0.4, -0.2) is 14.9 Å². The van der Waals surface area contributed by atoms with Crippen LogP contribution in [0.15, 0.2) is 36.7 Å². The van der Waals surface area contributed by atoms with Crippen LogP contribution >= 0.6 is 0 Å². The van der Waals surface area contributed by atoms with E-state index < -0.39 is 0 Å². The fraction of sp³-hybridized carbons (Fsp3) is 0.0909. The van der Waals surface area contributed by atoms with Crippen LogP contribution in [0, 0.1) is 11.3 Å². The molecule has 74 valence electrons. The number of nitriles is 1. The number of hydrogen-bond donors (Lipinski definition) is 1. The molecule has 0 atom stereocenters. The molecule has 4 nitrogen and oxygen atoms in total. The third kappa shape index (κ3) is 1.87. The molecule has 0 aliphatic heterocycles. The van der Waals surface area contributed by atoms with Crippen LogP contribution in [0.4, 0.5) is 0 Å². The standard InChI is InChI=1S/C11H9N3O/c12-5-10-6-13-14(7-10)11-3-1-9(8-15)2-4-11/h1-4,6-7,15H,8H2. The van der Waals surface area contributed by atoms with Crippen molar-refractivity contribution in [1.29, 1.82) is 5.26 Å². The van der Waals surface area contributed by atoms with Gasteiger partial charge in [-0.05, 0) is 17.7 Å². The van der Waals surface area contributed by atoms with Gasteiger partial charge in [0.25, 0.3) is 0 Å². The Morgan fingerprint density at radius 1 is 1.33 bits per heavy atom. The first-order valence-corrected chi connectivity index (χ1v) is 4.48. The van der Waals surface area contributed by atoms with Gasteiger partial charge >= 0.3 is 0 Å². The second-order valence-electron chi connectivity index (χ2n) is 3.11. The highest BCUT2D eigenvalue weighted by Gasteiger charge is 1.99. The van der Waals surface area contributed by atoms with Crippen molar-refractivity contribution in [1.82, 2.24) is 9.78 Å². The molecule has 0 radical (unpaired) electrons. The molecule has 0 saturated heterocycles. The smallest absolute Gasteiger partial charge is 0.102 e. The molecule has 0 amide bonds. The van der Waals surface area contributed by atoms with E-state index in [1.165, 1.54) is 6.20 Å². The van der Waals surface area contributed by atoms with Gasteiger partial charge in [-0.25, -0.2) is 4.68 Å². The van der Waals surface area contributed by atoms with Crippen molar-refractivity contribution in [2.45, 2.75) is 6.61 Å². The quantitative estimate of drug-likeness (QED) is 0.791. The maximum absolute atomic E-state index is 8.88. The zero-order chi connectivity index (χ0) is 10.7. The molecule has 2 aromatic rings. The zero-order valence-corrected chi connectivity index (χ0v) is 7.96. The van der Waals surface area contributed by atoms with Gasteiger partial charge in [-0.3, -0.25) is 0 Å². The fourth-order valence-corrected chi connectivity index (χ4v) is 1.28. The first-order valence-electron chi connectivity index (χ1n) is 4.48. The normalized spacial score (nSPS) is 9.87. The van der Waals surface area contributed by atoms with Gasteiger partial charge in [0.15, 0.2) is 0 Å². The van der Waals surface area contributed by atoms with Crippen LogP contribution in [0.1, 0.15) is 11.1 Å². The number of aromatic nitrogens is 2. The number of hydrogen-bond acceptors (Lipinski definition) is 3. The molecule has 1 aromatic carbocycles. The Balaban J connectivity index is 2.33. The molecule has 1 N–H and O–H groups in total. The number of aliphatic hydroxyl groups is 1. The van der Waals surface area contributed by atoms with Gasteiger partial charge in [0, 0.05) is 6.20 Å². The predicted molar refractivity (Wildman–Crippen MR) is 54.2 cm³/mol. The summed E-state index contributed by atoms with van der Waals surface area (Å²) in [6.07, 6.45) is 3.17. The third-order valence-electron chi connectivity index (χ3n) is 2.10. The lowest BCUT2D eigenvalue weighted by atomic mass is 10.2. The summed E-state index contributed by atoms with van der Waals surface area (Å²) in [5.74, 6) is 0. The lowest BCUT2D eigenvalue weighted by Crippen LogP contribution is -1.94. The van der Waals surface area contributed by atoms with Crippen molar-refractivity contribution in [3.8, 4) is 11.8 Å². The Morgan fingerprint density at radius 3 is 2.60 bits per heavy atom. The highest BCUT2D eigenvalue weighted by Crippen LogP contribution is 2.09. The predicted octanol–water partition coefficient (Wildman–Crippen LogP) is 1.24. The van der Waals surface area contributed by atoms with Gasteiger partial charge in [-0.2, -0.15) is 10.4 Å². The van der Waals surface area contributed by atoms with E-state index in [9.17, 15) is 0 Å². The Hall–Kier alpha value is -2.12. The molecule has 0 aliphatic rings. The third-order valence-corrected chi connectivity index (χ3v) is 2.10. The minimum Gasteiger partial charge on any atom is -0.392 e. The van der Waals surface area contributed by atoms with E-state index in [0.29, 0.717) is 5.56 Å². The minimum absolute atomic E-state index is 0.0306. The molecule has 1 heterocycles. The van der Waals surface area contributed by atoms with Gasteiger partial charge in [-0.15, -0.1) is 0 Å². The lowest BCUT2D eigenvalue weighted by molar-refractivity contribution is 0.282. The minimum atomic E-state index is 0.0306. The summed E-state index contributed by atoms with van der Waals surface area (Å²) in [5.41, 5.74) is 2.25. The summed E-state index contributed by atoms with van der Waals surface area (Å²) in [5, 5.41) is 21.6. The van der Waals surface area contributed by atoms with Crippen LogP contribution in [0.25, 0.3) is 5.69 Å². The van der Waals surface area contributed by atoms with E-state index in [1.54, 1.807) is 10.9 Å². The van der Waals surface area contributed by atoms with E-state index in [4.69, 9.17) is 10.4 Å². The van der Waals surface area contributed by atoms with Crippen molar-refractivity contribution >= 4 is 0 Å². The van der Waals surface area contributed by atoms with Crippen molar-refractivity contribution in [2.75, 3.05) is 0 Å². The van der Waals surface area contributed by atoms with Crippen molar-refractivity contribution in [2.24, 2.45) is 0 Å². The molecule has 4 heteroatoms. The van der Waals surface area contributed by atoms with Gasteiger partial charge in [0.1, 0.15) is 6.07 Å². The Kier molecular flexibility index (Phi) is 2.48. The molecule has 0 saturated carbocycles. The maximum atomic E-state index is 8.88. The first-order chi connectivity index (χ1) is 7.33. The number of aliphatic hydroxyl groups excluding tert-OH is 1. The first kappa shape index (κ1) is 9.44. The van der Waals surface area contributed by atoms with Crippen LogP contribution < -0.4 is 0 Å². The van der Waals surface area contributed by atoms with Crippen molar-refractivity contribution in [3.05, 3.63) is 47.8 Å². The second kappa shape index (κ2) is 3.95. The Labute approximate surface area is 87.0 Å². The highest BCUT2D eigenvalue weighted by molar-refractivity contribution is 5.35. The molecule has 0 spiro atoms. The summed E-state index contributed by atoms with van der Waals surface area (Å²) >= 11 is 0. The largest absolute Gasteiger partial charge is 0.392 e. The molecule has 15 heavy (non-hydrogen) atoms. The van der Waals surface area contributed by atoms with E-state index >= 15 is 0 Å².